The van der Waals surface area contributed by atoms with Gasteiger partial charge in [0, 0.05) is 16.7 Å². The van der Waals surface area contributed by atoms with Crippen LogP contribution in [0.25, 0.3) is 34.3 Å². The van der Waals surface area contributed by atoms with Crippen molar-refractivity contribution in [2.45, 2.75) is 7.59 Å². The summed E-state index contributed by atoms with van der Waals surface area (Å²) in [5.41, 5.74) is 1.86. The van der Waals surface area contributed by atoms with Crippen molar-refractivity contribution in [1.29, 1.82) is 0 Å². The highest BCUT2D eigenvalue weighted by molar-refractivity contribution is 6.67. The summed E-state index contributed by atoms with van der Waals surface area (Å²) in [6, 6.07) is 12.1. The maximum atomic E-state index is 5.94. The zero-order valence-corrected chi connectivity index (χ0v) is 22.3. The molecule has 0 unspecified atom stereocenters. The van der Waals surface area contributed by atoms with Crippen LogP contribution in [0.5, 0.6) is 11.5 Å². The Morgan fingerprint density at radius 2 is 1.11 bits per heavy atom. The third kappa shape index (κ3) is 5.85. The van der Waals surface area contributed by atoms with E-state index in [0.717, 1.165) is 0 Å². The number of alkyl halides is 6. The second kappa shape index (κ2) is 10.1. The van der Waals surface area contributed by atoms with E-state index in [0.29, 0.717) is 40.0 Å². The topological polar surface area (TPSA) is 96.1 Å². The molecule has 2 aromatic heterocycles. The second-order valence-corrected chi connectivity index (χ2v) is 11.4. The van der Waals surface area contributed by atoms with E-state index in [-0.39, 0.29) is 17.5 Å². The molecule has 0 aliphatic carbocycles. The van der Waals surface area contributed by atoms with Crippen LogP contribution in [-0.2, 0) is 7.59 Å². The Morgan fingerprint density at radius 1 is 0.629 bits per heavy atom. The van der Waals surface area contributed by atoms with Crippen LogP contribution in [-0.4, -0.2) is 39.4 Å². The molecule has 8 nitrogen and oxygen atoms in total. The standard InChI is InChI=1S/C21H13Cl6N5O3/c1-33-13-8-7-12(9-14(13)34-2)17-32-31-16(35-17)11-5-3-10(4-6-11)15-28-18(20(22,23)24)30-19(29-15)21(25,26)27/h3-9H,1-2H3. The lowest BCUT2D eigenvalue weighted by Crippen LogP contribution is -2.16. The smallest absolute Gasteiger partial charge is 0.250 e. The molecule has 4 rings (SSSR count). The first-order chi connectivity index (χ1) is 16.5. The molecule has 0 bridgehead atoms. The van der Waals surface area contributed by atoms with E-state index in [1.54, 1.807) is 56.7 Å². The summed E-state index contributed by atoms with van der Waals surface area (Å²) in [4.78, 5) is 12.4. The van der Waals surface area contributed by atoms with Gasteiger partial charge >= 0.3 is 0 Å². The van der Waals surface area contributed by atoms with Crippen LogP contribution >= 0.6 is 69.6 Å². The quantitative estimate of drug-likeness (QED) is 0.229. The second-order valence-electron chi connectivity index (χ2n) is 6.86. The first-order valence-electron chi connectivity index (χ1n) is 9.57. The summed E-state index contributed by atoms with van der Waals surface area (Å²) in [7, 11) is 3.10. The van der Waals surface area contributed by atoms with Gasteiger partial charge in [-0.25, -0.2) is 15.0 Å². The van der Waals surface area contributed by atoms with Crippen LogP contribution in [0.3, 0.4) is 0 Å². The Kier molecular flexibility index (Phi) is 7.52. The lowest BCUT2D eigenvalue weighted by molar-refractivity contribution is 0.355. The molecule has 182 valence electrons. The van der Waals surface area contributed by atoms with Crippen molar-refractivity contribution in [2.75, 3.05) is 14.2 Å². The van der Waals surface area contributed by atoms with E-state index in [2.05, 4.69) is 25.1 Å². The molecular weight excluding hydrogens is 583 g/mol. The van der Waals surface area contributed by atoms with E-state index in [1.165, 1.54) is 0 Å². The van der Waals surface area contributed by atoms with Crippen LogP contribution in [0.15, 0.2) is 46.9 Å². The highest BCUT2D eigenvalue weighted by atomic mass is 35.6. The molecule has 14 heteroatoms. The summed E-state index contributed by atoms with van der Waals surface area (Å²) in [5, 5.41) is 8.24. The summed E-state index contributed by atoms with van der Waals surface area (Å²) in [6.07, 6.45) is 0. The van der Waals surface area contributed by atoms with Crippen LogP contribution in [0.4, 0.5) is 0 Å². The molecule has 0 aliphatic heterocycles. The molecule has 4 aromatic rings. The minimum absolute atomic E-state index is 0.144. The summed E-state index contributed by atoms with van der Waals surface area (Å²) < 4.78 is 12.5. The van der Waals surface area contributed by atoms with E-state index in [4.69, 9.17) is 83.5 Å². The van der Waals surface area contributed by atoms with Gasteiger partial charge in [0.1, 0.15) is 0 Å². The average Bonchev–Trinajstić information content (AvgIpc) is 3.32. The van der Waals surface area contributed by atoms with Gasteiger partial charge in [0.2, 0.25) is 19.4 Å². The maximum Gasteiger partial charge on any atom is 0.250 e. The van der Waals surface area contributed by atoms with Gasteiger partial charge in [-0.2, -0.15) is 0 Å². The Bertz CT molecular complexity index is 1320. The van der Waals surface area contributed by atoms with Crippen molar-refractivity contribution in [3.05, 3.63) is 54.1 Å². The minimum atomic E-state index is -1.95. The predicted octanol–water partition coefficient (Wildman–Crippen LogP) is 6.93. The van der Waals surface area contributed by atoms with Crippen molar-refractivity contribution < 1.29 is 13.9 Å². The van der Waals surface area contributed by atoms with Crippen LogP contribution in [0, 0.1) is 0 Å². The lowest BCUT2D eigenvalue weighted by atomic mass is 10.1. The number of hydrogen-bond donors (Lipinski definition) is 0. The lowest BCUT2D eigenvalue weighted by Gasteiger charge is -2.15. The largest absolute Gasteiger partial charge is 0.493 e. The molecule has 2 heterocycles. The number of hydrogen-bond acceptors (Lipinski definition) is 8. The fraction of sp³-hybridized carbons (Fsp3) is 0.190. The number of benzene rings is 2. The Labute approximate surface area is 229 Å². The molecule has 0 aliphatic rings. The van der Waals surface area contributed by atoms with Crippen LogP contribution in [0.2, 0.25) is 0 Å². The van der Waals surface area contributed by atoms with Gasteiger partial charge < -0.3 is 13.9 Å². The molecule has 0 saturated carbocycles. The zero-order valence-electron chi connectivity index (χ0n) is 17.8. The Hall–Kier alpha value is -2.07. The third-order valence-corrected chi connectivity index (χ3v) is 5.60. The molecule has 0 radical (unpaired) electrons. The highest BCUT2D eigenvalue weighted by Gasteiger charge is 2.34. The Morgan fingerprint density at radius 3 is 1.63 bits per heavy atom. The van der Waals surface area contributed by atoms with Gasteiger partial charge in [0.15, 0.2) is 29.0 Å². The molecule has 0 N–H and O–H groups in total. The van der Waals surface area contributed by atoms with E-state index >= 15 is 0 Å². The van der Waals surface area contributed by atoms with Gasteiger partial charge in [0.25, 0.3) is 0 Å². The predicted molar refractivity (Wildman–Crippen MR) is 136 cm³/mol. The van der Waals surface area contributed by atoms with E-state index in [1.807, 2.05) is 0 Å². The highest BCUT2D eigenvalue weighted by Crippen LogP contribution is 2.41. The fourth-order valence-corrected chi connectivity index (χ4v) is 3.45. The molecular formula is C21H13Cl6N5O3. The number of ether oxygens (including phenoxy) is 2. The van der Waals surface area contributed by atoms with Gasteiger partial charge in [-0.1, -0.05) is 81.7 Å². The molecule has 35 heavy (non-hydrogen) atoms. The van der Waals surface area contributed by atoms with Crippen LogP contribution in [0.1, 0.15) is 11.6 Å². The normalized spacial score (nSPS) is 12.0. The minimum Gasteiger partial charge on any atom is -0.493 e. The average molecular weight is 596 g/mol. The molecule has 0 amide bonds. The SMILES string of the molecule is COc1ccc(-c2nnc(-c3ccc(-c4nc(C(Cl)(Cl)Cl)nc(C(Cl)(Cl)Cl)n4)cc3)o2)cc1OC. The van der Waals surface area contributed by atoms with Crippen molar-refractivity contribution in [2.24, 2.45) is 0 Å². The summed E-state index contributed by atoms with van der Waals surface area (Å²) in [5.74, 6) is 1.49. The number of rotatable bonds is 5. The van der Waals surface area contributed by atoms with Gasteiger partial charge in [-0.15, -0.1) is 10.2 Å². The van der Waals surface area contributed by atoms with Crippen molar-refractivity contribution in [1.82, 2.24) is 25.1 Å². The van der Waals surface area contributed by atoms with Crippen molar-refractivity contribution in [3.8, 4) is 45.8 Å². The first-order valence-corrected chi connectivity index (χ1v) is 11.8. The number of methoxy groups -OCH3 is 2. The van der Waals surface area contributed by atoms with Gasteiger partial charge in [-0.3, -0.25) is 0 Å². The molecule has 0 atom stereocenters. The third-order valence-electron chi connectivity index (χ3n) is 4.59. The first kappa shape index (κ1) is 26.0. The van der Waals surface area contributed by atoms with Crippen molar-refractivity contribution in [3.63, 3.8) is 0 Å². The number of nitrogens with zero attached hydrogens (tertiary/aromatic N) is 5. The van der Waals surface area contributed by atoms with Crippen LogP contribution < -0.4 is 9.47 Å². The number of halogens is 6. The monoisotopic (exact) mass is 593 g/mol. The van der Waals surface area contributed by atoms with Crippen molar-refractivity contribution >= 4 is 69.6 Å². The van der Waals surface area contributed by atoms with Gasteiger partial charge in [0.05, 0.1) is 14.2 Å². The zero-order chi connectivity index (χ0) is 25.4. The van der Waals surface area contributed by atoms with E-state index < -0.39 is 7.59 Å². The summed E-state index contributed by atoms with van der Waals surface area (Å²) >= 11 is 35.6. The summed E-state index contributed by atoms with van der Waals surface area (Å²) in [6.45, 7) is 0. The molecule has 0 fully saturated rings. The Balaban J connectivity index is 1.65. The maximum absolute atomic E-state index is 5.94. The fourth-order valence-electron chi connectivity index (χ4n) is 2.95. The van der Waals surface area contributed by atoms with E-state index in [9.17, 15) is 0 Å². The number of aromatic nitrogens is 5. The molecule has 0 spiro atoms. The molecule has 0 saturated heterocycles. The van der Waals surface area contributed by atoms with Gasteiger partial charge in [-0.05, 0) is 30.3 Å². The molecule has 2 aromatic carbocycles.